The van der Waals surface area contributed by atoms with Crippen molar-refractivity contribution in [2.45, 2.75) is 18.9 Å². The summed E-state index contributed by atoms with van der Waals surface area (Å²) in [5.74, 6) is -0.972. The molecule has 1 aromatic heterocycles. The average Bonchev–Trinajstić information content (AvgIpc) is 2.72. The minimum absolute atomic E-state index is 0.0180. The number of aromatic nitrogens is 1. The molecule has 1 atom stereocenters. The van der Waals surface area contributed by atoms with Crippen LogP contribution in [0.4, 0.5) is 0 Å². The van der Waals surface area contributed by atoms with Crippen LogP contribution in [0.1, 0.15) is 35.1 Å². The van der Waals surface area contributed by atoms with Crippen LogP contribution in [-0.4, -0.2) is 28.6 Å². The van der Waals surface area contributed by atoms with E-state index in [9.17, 15) is 4.79 Å². The maximum Gasteiger partial charge on any atom is 0.358 e. The summed E-state index contributed by atoms with van der Waals surface area (Å²) in [6, 6.07) is -0.530. The molecule has 0 spiro atoms. The third-order valence-electron chi connectivity index (χ3n) is 2.10. The highest BCUT2D eigenvalue weighted by Crippen LogP contribution is 2.19. The Bertz CT molecular complexity index is 411. The van der Waals surface area contributed by atoms with Crippen LogP contribution in [0.25, 0.3) is 0 Å². The van der Waals surface area contributed by atoms with Crippen LogP contribution in [0.2, 0.25) is 0 Å². The second-order valence-corrected chi connectivity index (χ2v) is 3.43. The number of nitrogens with zero attached hydrogens (tertiary/aromatic N) is 2. The fraction of sp³-hybridized carbons (Fsp3) is 0.444. The molecule has 0 saturated carbocycles. The molecule has 0 aromatic carbocycles. The Hall–Kier alpha value is -2.09. The van der Waals surface area contributed by atoms with Crippen LogP contribution in [0.5, 0.6) is 0 Å². The Labute approximate surface area is 97.5 Å². The van der Waals surface area contributed by atoms with Gasteiger partial charge in [0.2, 0.25) is 0 Å². The van der Waals surface area contributed by atoms with Gasteiger partial charge in [0.1, 0.15) is 0 Å². The lowest BCUT2D eigenvalue weighted by molar-refractivity contribution is 0.0688. The summed E-state index contributed by atoms with van der Waals surface area (Å²) >= 11 is 0. The standard InChI is InChI=1S/C9H15N5O3/c10-5(2-1-3-13-9(11)12)7-6(8(15)16)14-4-17-7/h4-5H,1-3,10H2,(H,15,16)(H4,11,12,13)/t5-/m0/s1. The molecule has 0 fully saturated rings. The lowest BCUT2D eigenvalue weighted by atomic mass is 10.1. The van der Waals surface area contributed by atoms with Gasteiger partial charge < -0.3 is 26.7 Å². The van der Waals surface area contributed by atoms with Crippen LogP contribution < -0.4 is 17.2 Å². The topological polar surface area (TPSA) is 154 Å². The van der Waals surface area contributed by atoms with Crippen molar-refractivity contribution >= 4 is 11.9 Å². The summed E-state index contributed by atoms with van der Waals surface area (Å²) in [6.07, 6.45) is 2.19. The molecule has 0 aliphatic carbocycles. The maximum atomic E-state index is 10.8. The Kier molecular flexibility index (Phi) is 4.46. The first-order valence-electron chi connectivity index (χ1n) is 5.00. The van der Waals surface area contributed by atoms with Gasteiger partial charge in [0, 0.05) is 6.54 Å². The number of carbonyl (C=O) groups is 1. The van der Waals surface area contributed by atoms with E-state index in [1.807, 2.05) is 0 Å². The van der Waals surface area contributed by atoms with Gasteiger partial charge in [-0.3, -0.25) is 4.99 Å². The lowest BCUT2D eigenvalue weighted by Crippen LogP contribution is -2.23. The number of aliphatic imine (C=N–C) groups is 1. The van der Waals surface area contributed by atoms with E-state index < -0.39 is 12.0 Å². The number of hydrogen-bond acceptors (Lipinski definition) is 5. The van der Waals surface area contributed by atoms with Gasteiger partial charge in [0.25, 0.3) is 0 Å². The van der Waals surface area contributed by atoms with Gasteiger partial charge in [0.05, 0.1) is 6.04 Å². The quantitative estimate of drug-likeness (QED) is 0.295. The molecule has 0 aliphatic rings. The molecule has 1 rings (SSSR count). The zero-order valence-electron chi connectivity index (χ0n) is 9.17. The molecule has 1 aromatic rings. The Balaban J connectivity index is 2.52. The van der Waals surface area contributed by atoms with Crippen LogP contribution in [-0.2, 0) is 0 Å². The number of oxazole rings is 1. The highest BCUT2D eigenvalue weighted by Gasteiger charge is 2.20. The van der Waals surface area contributed by atoms with Crippen molar-refractivity contribution in [1.82, 2.24) is 4.98 Å². The highest BCUT2D eigenvalue weighted by molar-refractivity contribution is 5.86. The molecule has 8 nitrogen and oxygen atoms in total. The third-order valence-corrected chi connectivity index (χ3v) is 2.10. The summed E-state index contributed by atoms with van der Waals surface area (Å²) in [5.41, 5.74) is 15.9. The lowest BCUT2D eigenvalue weighted by Gasteiger charge is -2.07. The van der Waals surface area contributed by atoms with Gasteiger partial charge in [-0.15, -0.1) is 0 Å². The van der Waals surface area contributed by atoms with E-state index in [1.54, 1.807) is 0 Å². The van der Waals surface area contributed by atoms with Crippen molar-refractivity contribution in [3.63, 3.8) is 0 Å². The molecule has 0 amide bonds. The molecule has 0 aliphatic heterocycles. The third kappa shape index (κ3) is 3.76. The normalized spacial score (nSPS) is 12.1. The van der Waals surface area contributed by atoms with E-state index in [4.69, 9.17) is 26.7 Å². The van der Waals surface area contributed by atoms with Gasteiger partial charge >= 0.3 is 5.97 Å². The minimum atomic E-state index is -1.16. The fourth-order valence-corrected chi connectivity index (χ4v) is 1.33. The van der Waals surface area contributed by atoms with E-state index in [2.05, 4.69) is 9.98 Å². The van der Waals surface area contributed by atoms with Gasteiger partial charge in [-0.1, -0.05) is 0 Å². The van der Waals surface area contributed by atoms with Gasteiger partial charge in [-0.2, -0.15) is 0 Å². The van der Waals surface area contributed by atoms with Crippen molar-refractivity contribution in [3.05, 3.63) is 17.8 Å². The number of carboxylic acid groups (broad SMARTS) is 1. The molecule has 0 radical (unpaired) electrons. The summed E-state index contributed by atoms with van der Waals surface area (Å²) < 4.78 is 4.96. The molecular weight excluding hydrogens is 226 g/mol. The van der Waals surface area contributed by atoms with Crippen LogP contribution in [0.15, 0.2) is 15.8 Å². The van der Waals surface area contributed by atoms with E-state index in [1.165, 1.54) is 0 Å². The largest absolute Gasteiger partial charge is 0.476 e. The number of rotatable bonds is 6. The monoisotopic (exact) mass is 241 g/mol. The second-order valence-electron chi connectivity index (χ2n) is 3.43. The zero-order chi connectivity index (χ0) is 12.8. The van der Waals surface area contributed by atoms with Gasteiger partial charge in [-0.05, 0) is 12.8 Å². The van der Waals surface area contributed by atoms with Gasteiger partial charge in [-0.25, -0.2) is 9.78 Å². The van der Waals surface area contributed by atoms with Gasteiger partial charge in [0.15, 0.2) is 23.8 Å². The van der Waals surface area contributed by atoms with E-state index in [0.717, 1.165) is 6.39 Å². The van der Waals surface area contributed by atoms with Crippen LogP contribution in [0.3, 0.4) is 0 Å². The molecule has 0 bridgehead atoms. The number of hydrogen-bond donors (Lipinski definition) is 4. The van der Waals surface area contributed by atoms with Crippen molar-refractivity contribution in [1.29, 1.82) is 0 Å². The Morgan fingerprint density at radius 1 is 1.59 bits per heavy atom. The zero-order valence-corrected chi connectivity index (χ0v) is 9.17. The van der Waals surface area contributed by atoms with Crippen LogP contribution in [0, 0.1) is 0 Å². The maximum absolute atomic E-state index is 10.8. The number of carboxylic acids is 1. The molecule has 94 valence electrons. The van der Waals surface area contributed by atoms with Crippen molar-refractivity contribution < 1.29 is 14.3 Å². The first kappa shape index (κ1) is 13.0. The van der Waals surface area contributed by atoms with Crippen LogP contribution >= 0.6 is 0 Å². The predicted molar refractivity (Wildman–Crippen MR) is 60.3 cm³/mol. The predicted octanol–water partition coefficient (Wildman–Crippen LogP) is -0.574. The second kappa shape index (κ2) is 5.85. The molecule has 8 heteroatoms. The molecular formula is C9H15N5O3. The highest BCUT2D eigenvalue weighted by atomic mass is 16.4. The summed E-state index contributed by atoms with van der Waals surface area (Å²) in [7, 11) is 0. The number of nitrogens with two attached hydrogens (primary N) is 3. The van der Waals surface area contributed by atoms with Crippen molar-refractivity contribution in [2.24, 2.45) is 22.2 Å². The molecule has 17 heavy (non-hydrogen) atoms. The molecule has 7 N–H and O–H groups in total. The summed E-state index contributed by atoms with van der Waals surface area (Å²) in [5, 5.41) is 8.81. The number of aromatic carboxylic acids is 1. The Morgan fingerprint density at radius 2 is 2.29 bits per heavy atom. The first-order chi connectivity index (χ1) is 8.02. The van der Waals surface area contributed by atoms with E-state index >= 15 is 0 Å². The molecule has 0 unspecified atom stereocenters. The first-order valence-corrected chi connectivity index (χ1v) is 5.00. The smallest absolute Gasteiger partial charge is 0.358 e. The summed E-state index contributed by atoms with van der Waals surface area (Å²) in [6.45, 7) is 0.437. The minimum Gasteiger partial charge on any atom is -0.476 e. The van der Waals surface area contributed by atoms with E-state index in [-0.39, 0.29) is 17.4 Å². The fourth-order valence-electron chi connectivity index (χ4n) is 1.33. The molecule has 0 saturated heterocycles. The average molecular weight is 241 g/mol. The SMILES string of the molecule is NC(N)=NCCC[C@H](N)c1ocnc1C(=O)O. The summed E-state index contributed by atoms with van der Waals surface area (Å²) in [4.78, 5) is 18.1. The van der Waals surface area contributed by atoms with Crippen molar-refractivity contribution in [2.75, 3.05) is 6.54 Å². The number of guanidine groups is 1. The van der Waals surface area contributed by atoms with E-state index in [0.29, 0.717) is 19.4 Å². The van der Waals surface area contributed by atoms with Crippen molar-refractivity contribution in [3.8, 4) is 0 Å². The Morgan fingerprint density at radius 3 is 2.88 bits per heavy atom. The molecule has 1 heterocycles.